The molecular weight excluding hydrogens is 487 g/mol. The van der Waals surface area contributed by atoms with E-state index in [9.17, 15) is 29.6 Å². The van der Waals surface area contributed by atoms with Crippen LogP contribution in [0.25, 0.3) is 11.2 Å². The molecule has 3 heterocycles. The number of aromatic hydroxyl groups is 1. The average Bonchev–Trinajstić information content (AvgIpc) is 3.36. The summed E-state index contributed by atoms with van der Waals surface area (Å²) in [5.74, 6) is -1.06. The van der Waals surface area contributed by atoms with Crippen molar-refractivity contribution in [1.29, 1.82) is 0 Å². The van der Waals surface area contributed by atoms with Crippen molar-refractivity contribution in [2.24, 2.45) is 5.73 Å². The van der Waals surface area contributed by atoms with Crippen LogP contribution in [0.2, 0.25) is 0 Å². The van der Waals surface area contributed by atoms with Crippen LogP contribution in [0, 0.1) is 0 Å². The Labute approximate surface area is 197 Å². The van der Waals surface area contributed by atoms with Gasteiger partial charge in [0.1, 0.15) is 41.9 Å². The maximum absolute atomic E-state index is 12.2. The summed E-state index contributed by atoms with van der Waals surface area (Å²) in [5, 5.41) is 30.1. The molecule has 3 aromatic rings. The van der Waals surface area contributed by atoms with Crippen molar-refractivity contribution >= 4 is 30.8 Å². The van der Waals surface area contributed by atoms with E-state index in [1.54, 1.807) is 0 Å². The van der Waals surface area contributed by atoms with Gasteiger partial charge in [0.15, 0.2) is 17.7 Å². The number of anilines is 1. The molecule has 0 amide bonds. The number of hydrogen-bond donors (Lipinski definition) is 6. The van der Waals surface area contributed by atoms with Crippen LogP contribution in [0.5, 0.6) is 5.75 Å². The number of nitrogens with two attached hydrogens (primary N) is 2. The lowest BCUT2D eigenvalue weighted by molar-refractivity contribution is -0.137. The van der Waals surface area contributed by atoms with Crippen molar-refractivity contribution < 1.29 is 43.4 Å². The molecule has 4 rings (SSSR count). The number of benzene rings is 1. The van der Waals surface area contributed by atoms with E-state index in [-0.39, 0.29) is 29.2 Å². The number of imidazole rings is 1. The number of nitrogens with zero attached hydrogens (tertiary/aromatic N) is 4. The summed E-state index contributed by atoms with van der Waals surface area (Å²) in [5.41, 5.74) is 12.6. The van der Waals surface area contributed by atoms with Gasteiger partial charge in [0.2, 0.25) is 0 Å². The molecule has 0 aliphatic carbocycles. The summed E-state index contributed by atoms with van der Waals surface area (Å²) >= 11 is 0. The van der Waals surface area contributed by atoms with E-state index < -0.39 is 51.0 Å². The number of phenolic OH excluding ortho intramolecular Hbond substituents is 1. The molecule has 1 fully saturated rings. The van der Waals surface area contributed by atoms with E-state index in [0.29, 0.717) is 5.56 Å². The van der Waals surface area contributed by atoms with Crippen molar-refractivity contribution in [1.82, 2.24) is 19.5 Å². The van der Waals surface area contributed by atoms with Crippen molar-refractivity contribution in [3.8, 4) is 5.75 Å². The number of rotatable bonds is 8. The molecule has 1 aliphatic rings. The number of ether oxygens (including phenoxy) is 1. The lowest BCUT2D eigenvalue weighted by Crippen LogP contribution is -2.35. The third-order valence-electron chi connectivity index (χ3n) is 5.30. The van der Waals surface area contributed by atoms with Gasteiger partial charge in [-0.15, -0.1) is 0 Å². The normalized spacial score (nSPS) is 24.8. The number of aromatic nitrogens is 4. The maximum Gasteiger partial charge on any atom is 0.529 e. The Kier molecular flexibility index (Phi) is 7.00. The first-order valence-corrected chi connectivity index (χ1v) is 11.7. The minimum atomic E-state index is -4.94. The van der Waals surface area contributed by atoms with Crippen LogP contribution in [0.15, 0.2) is 36.9 Å². The Morgan fingerprint density at radius 3 is 2.63 bits per heavy atom. The molecule has 0 bridgehead atoms. The van der Waals surface area contributed by atoms with E-state index in [1.807, 2.05) is 0 Å². The van der Waals surface area contributed by atoms with Crippen molar-refractivity contribution in [2.75, 3.05) is 12.3 Å². The number of phenols is 1. The largest absolute Gasteiger partial charge is 0.529 e. The Balaban J connectivity index is 1.35. The van der Waals surface area contributed by atoms with Gasteiger partial charge in [-0.05, 0) is 24.1 Å². The monoisotopic (exact) mass is 510 g/mol. The van der Waals surface area contributed by atoms with Gasteiger partial charge in [-0.1, -0.05) is 12.1 Å². The zero-order chi connectivity index (χ0) is 25.3. The summed E-state index contributed by atoms with van der Waals surface area (Å²) < 4.78 is 28.5. The summed E-state index contributed by atoms with van der Waals surface area (Å²) in [7, 11) is -4.94. The van der Waals surface area contributed by atoms with Crippen molar-refractivity contribution in [2.45, 2.75) is 37.0 Å². The molecule has 188 valence electrons. The number of aliphatic hydroxyl groups is 2. The van der Waals surface area contributed by atoms with Gasteiger partial charge in [0, 0.05) is 0 Å². The third kappa shape index (κ3) is 5.41. The van der Waals surface area contributed by atoms with E-state index >= 15 is 0 Å². The van der Waals surface area contributed by atoms with Crippen molar-refractivity contribution in [3.05, 3.63) is 42.5 Å². The highest BCUT2D eigenvalue weighted by molar-refractivity contribution is 7.48. The lowest BCUT2D eigenvalue weighted by atomic mass is 10.1. The van der Waals surface area contributed by atoms with E-state index in [2.05, 4.69) is 19.5 Å². The van der Waals surface area contributed by atoms with E-state index in [4.69, 9.17) is 20.7 Å². The van der Waals surface area contributed by atoms with Crippen LogP contribution < -0.4 is 11.5 Å². The van der Waals surface area contributed by atoms with E-state index in [1.165, 1.54) is 41.5 Å². The molecule has 1 saturated heterocycles. The fourth-order valence-electron chi connectivity index (χ4n) is 3.50. The summed E-state index contributed by atoms with van der Waals surface area (Å²) in [6.07, 6.45) is -2.98. The zero-order valence-corrected chi connectivity index (χ0v) is 18.9. The molecule has 1 aromatic carbocycles. The van der Waals surface area contributed by atoms with Gasteiger partial charge >= 0.3 is 13.8 Å². The minimum Gasteiger partial charge on any atom is -0.508 e. The highest BCUT2D eigenvalue weighted by Crippen LogP contribution is 2.45. The molecule has 16 heteroatoms. The second-order valence-electron chi connectivity index (χ2n) is 7.78. The molecule has 15 nitrogen and oxygen atoms in total. The summed E-state index contributed by atoms with van der Waals surface area (Å²) in [4.78, 5) is 34.0. The zero-order valence-electron chi connectivity index (χ0n) is 18.0. The summed E-state index contributed by atoms with van der Waals surface area (Å²) in [6, 6.07) is 4.57. The number of aliphatic hydroxyl groups excluding tert-OH is 2. The standard InChI is InChI=1S/C19H23N6O9P/c20-11(5-9-1-3-10(26)4-2-9)19(29)34-35(30,31)32-6-12-14(27)15(28)18(33-12)25-8-24-13-16(21)22-7-23-17(13)25/h1-4,7-8,11-12,14-15,18,26-28H,5-6,20H2,(H,30,31)(H2,21,22,23)/t11-,12+,14+,15+,18+/m0/s1. The number of hydrogen-bond acceptors (Lipinski definition) is 13. The van der Waals surface area contributed by atoms with Gasteiger partial charge in [0.05, 0.1) is 12.9 Å². The molecule has 35 heavy (non-hydrogen) atoms. The maximum atomic E-state index is 12.2. The molecule has 1 aliphatic heterocycles. The Morgan fingerprint density at radius 1 is 1.20 bits per heavy atom. The van der Waals surface area contributed by atoms with Crippen LogP contribution in [-0.2, 0) is 29.6 Å². The fourth-order valence-corrected chi connectivity index (χ4v) is 4.25. The molecular formula is C19H23N6O9P. The van der Waals surface area contributed by atoms with Gasteiger partial charge in [-0.3, -0.25) is 14.0 Å². The lowest BCUT2D eigenvalue weighted by Gasteiger charge is -2.18. The van der Waals surface area contributed by atoms with Crippen LogP contribution in [0.3, 0.4) is 0 Å². The Hall–Kier alpha value is -3.17. The predicted molar refractivity (Wildman–Crippen MR) is 117 cm³/mol. The Bertz CT molecular complexity index is 1260. The number of nitrogen functional groups attached to an aromatic ring is 1. The third-order valence-corrected chi connectivity index (χ3v) is 6.19. The number of phosphoric acid groups is 1. The molecule has 8 N–H and O–H groups in total. The first kappa shape index (κ1) is 24.9. The topological polar surface area (TPSA) is 238 Å². The number of carbonyl (C=O) groups is 1. The molecule has 0 spiro atoms. The van der Waals surface area contributed by atoms with Crippen molar-refractivity contribution in [3.63, 3.8) is 0 Å². The van der Waals surface area contributed by atoms with Crippen LogP contribution in [0.4, 0.5) is 5.82 Å². The van der Waals surface area contributed by atoms with Crippen LogP contribution in [0.1, 0.15) is 11.8 Å². The van der Waals surface area contributed by atoms with Gasteiger partial charge in [0.25, 0.3) is 0 Å². The second-order valence-corrected chi connectivity index (χ2v) is 9.16. The SMILES string of the molecule is Nc1ncnc2c1ncn2[C@@H]1O[C@H](COP(=O)(O)OC(=O)[C@@H](N)Cc2ccc(O)cc2)[C@@H](O)[C@H]1O. The summed E-state index contributed by atoms with van der Waals surface area (Å²) in [6.45, 7) is -0.702. The fraction of sp³-hybridized carbons (Fsp3) is 0.368. The van der Waals surface area contributed by atoms with Gasteiger partial charge in [-0.2, -0.15) is 0 Å². The molecule has 1 unspecified atom stereocenters. The minimum absolute atomic E-state index is 0.0234. The highest BCUT2D eigenvalue weighted by atomic mass is 31.2. The highest BCUT2D eigenvalue weighted by Gasteiger charge is 2.45. The van der Waals surface area contributed by atoms with Crippen LogP contribution in [-0.4, -0.2) is 76.7 Å². The number of carbonyl (C=O) groups excluding carboxylic acids is 1. The molecule has 6 atom stereocenters. The number of fused-ring (bicyclic) bond motifs is 1. The van der Waals surface area contributed by atoms with Gasteiger partial charge in [-0.25, -0.2) is 24.3 Å². The van der Waals surface area contributed by atoms with Crippen LogP contribution >= 0.6 is 7.82 Å². The quantitative estimate of drug-likeness (QED) is 0.199. The first-order valence-electron chi connectivity index (χ1n) is 10.2. The molecule has 2 aromatic heterocycles. The van der Waals surface area contributed by atoms with Gasteiger partial charge < -0.3 is 36.0 Å². The number of phosphoric ester groups is 1. The Morgan fingerprint density at radius 2 is 1.91 bits per heavy atom. The molecule has 0 saturated carbocycles. The average molecular weight is 510 g/mol. The second kappa shape index (κ2) is 9.83. The first-order chi connectivity index (χ1) is 16.6. The smallest absolute Gasteiger partial charge is 0.508 e. The van der Waals surface area contributed by atoms with E-state index in [0.717, 1.165) is 0 Å². The molecule has 0 radical (unpaired) electrons. The predicted octanol–water partition coefficient (Wildman–Crippen LogP) is -1.04.